The molecule has 0 radical (unpaired) electrons. The largest absolute Gasteiger partial charge is 0.456 e. The number of rotatable bonds is 5. The molecule has 0 saturated heterocycles. The fourth-order valence-electron chi connectivity index (χ4n) is 12.8. The Balaban J connectivity index is 1.09. The summed E-state index contributed by atoms with van der Waals surface area (Å²) in [6, 6.07) is 65.9. The lowest BCUT2D eigenvalue weighted by Gasteiger charge is -2.37. The predicted molar refractivity (Wildman–Crippen MR) is 249 cm³/mol. The fourth-order valence-corrected chi connectivity index (χ4v) is 12.8. The van der Waals surface area contributed by atoms with Gasteiger partial charge in [-0.15, -0.1) is 0 Å². The standard InChI is InChI=1S/C58H45NO/c1-57(2)48-23-8-3-16-40(48)45-21-13-22-46(56(45)57)43-18-6-11-26-52(43)59(51-25-10-5-17-42(51)44-20-14-28-54-55(44)47-19-7-12-27-53(47)60-54)38-31-32-41-39-15-4-9-24-49(39)58(50(41)34-38)35-36-29-30-37(58)33-36/h3-28,31-32,34,36-37H,29-30,33,35H2,1-2H3. The predicted octanol–water partition coefficient (Wildman–Crippen LogP) is 15.8. The highest BCUT2D eigenvalue weighted by molar-refractivity contribution is 6.14. The van der Waals surface area contributed by atoms with Crippen molar-refractivity contribution in [2.45, 2.75) is 50.4 Å². The number of hydrogen-bond donors (Lipinski definition) is 0. The Morgan fingerprint density at radius 2 is 1.05 bits per heavy atom. The molecule has 4 aliphatic carbocycles. The number of hydrogen-bond acceptors (Lipinski definition) is 2. The Morgan fingerprint density at radius 1 is 0.483 bits per heavy atom. The second-order valence-electron chi connectivity index (χ2n) is 18.4. The molecule has 288 valence electrons. The molecule has 3 atom stereocenters. The van der Waals surface area contributed by atoms with Crippen molar-refractivity contribution >= 4 is 39.0 Å². The third kappa shape index (κ3) is 4.54. The Bertz CT molecular complexity index is 3240. The maximum atomic E-state index is 6.50. The van der Waals surface area contributed by atoms with E-state index in [1.165, 1.54) is 98.3 Å². The smallest absolute Gasteiger partial charge is 0.136 e. The van der Waals surface area contributed by atoms with Crippen LogP contribution in [0, 0.1) is 11.8 Å². The number of fused-ring (bicyclic) bond motifs is 14. The van der Waals surface area contributed by atoms with Crippen molar-refractivity contribution in [3.63, 3.8) is 0 Å². The second-order valence-corrected chi connectivity index (χ2v) is 18.4. The zero-order valence-electron chi connectivity index (χ0n) is 34.1. The molecule has 8 aromatic carbocycles. The van der Waals surface area contributed by atoms with Crippen molar-refractivity contribution in [3.05, 3.63) is 198 Å². The Morgan fingerprint density at radius 3 is 1.80 bits per heavy atom. The first-order chi connectivity index (χ1) is 29.5. The monoisotopic (exact) mass is 771 g/mol. The topological polar surface area (TPSA) is 16.4 Å². The first kappa shape index (κ1) is 34.2. The molecule has 60 heavy (non-hydrogen) atoms. The molecular weight excluding hydrogens is 727 g/mol. The van der Waals surface area contributed by atoms with E-state index in [1.54, 1.807) is 5.56 Å². The van der Waals surface area contributed by atoms with Gasteiger partial charge in [0.15, 0.2) is 0 Å². The van der Waals surface area contributed by atoms with Crippen LogP contribution >= 0.6 is 0 Å². The molecule has 1 aromatic heterocycles. The molecule has 2 heteroatoms. The third-order valence-electron chi connectivity index (χ3n) is 15.1. The highest BCUT2D eigenvalue weighted by Crippen LogP contribution is 2.66. The minimum absolute atomic E-state index is 0.0624. The average molecular weight is 772 g/mol. The summed E-state index contributed by atoms with van der Waals surface area (Å²) in [5, 5.41) is 2.29. The van der Waals surface area contributed by atoms with E-state index in [2.05, 4.69) is 195 Å². The molecule has 2 nitrogen and oxygen atoms in total. The molecule has 4 aliphatic rings. The first-order valence-electron chi connectivity index (χ1n) is 21.9. The van der Waals surface area contributed by atoms with E-state index in [1.807, 2.05) is 0 Å². The molecule has 3 unspecified atom stereocenters. The van der Waals surface area contributed by atoms with E-state index in [0.29, 0.717) is 5.92 Å². The van der Waals surface area contributed by atoms with E-state index in [0.717, 1.165) is 33.5 Å². The van der Waals surface area contributed by atoms with Crippen LogP contribution in [0.3, 0.4) is 0 Å². The molecule has 1 heterocycles. The molecule has 13 rings (SSSR count). The van der Waals surface area contributed by atoms with Crippen molar-refractivity contribution in [2.24, 2.45) is 11.8 Å². The van der Waals surface area contributed by atoms with Crippen molar-refractivity contribution in [1.29, 1.82) is 0 Å². The van der Waals surface area contributed by atoms with Gasteiger partial charge < -0.3 is 9.32 Å². The Kier molecular flexibility index (Phi) is 7.10. The van der Waals surface area contributed by atoms with Gasteiger partial charge in [0.1, 0.15) is 11.2 Å². The van der Waals surface area contributed by atoms with E-state index < -0.39 is 0 Å². The van der Waals surface area contributed by atoms with Gasteiger partial charge in [-0.1, -0.05) is 160 Å². The van der Waals surface area contributed by atoms with Gasteiger partial charge >= 0.3 is 0 Å². The lowest BCUT2D eigenvalue weighted by molar-refractivity contribution is 0.327. The molecule has 0 N–H and O–H groups in total. The number of furan rings is 1. The normalized spacial score (nSPS) is 20.1. The van der Waals surface area contributed by atoms with E-state index in [-0.39, 0.29) is 10.8 Å². The van der Waals surface area contributed by atoms with Crippen molar-refractivity contribution in [3.8, 4) is 44.5 Å². The van der Waals surface area contributed by atoms with Crippen LogP contribution in [0.25, 0.3) is 66.4 Å². The minimum Gasteiger partial charge on any atom is -0.456 e. The second kappa shape index (κ2) is 12.4. The zero-order valence-corrected chi connectivity index (χ0v) is 34.1. The first-order valence-corrected chi connectivity index (χ1v) is 21.9. The molecule has 2 saturated carbocycles. The van der Waals surface area contributed by atoms with Crippen molar-refractivity contribution in [1.82, 2.24) is 0 Å². The van der Waals surface area contributed by atoms with Crippen molar-refractivity contribution < 1.29 is 4.42 Å². The van der Waals surface area contributed by atoms with Gasteiger partial charge in [-0.25, -0.2) is 0 Å². The van der Waals surface area contributed by atoms with Crippen LogP contribution < -0.4 is 4.90 Å². The van der Waals surface area contributed by atoms with Crippen LogP contribution in [0.5, 0.6) is 0 Å². The summed E-state index contributed by atoms with van der Waals surface area (Å²) < 4.78 is 6.50. The van der Waals surface area contributed by atoms with Gasteiger partial charge in [-0.2, -0.15) is 0 Å². The van der Waals surface area contributed by atoms with E-state index in [4.69, 9.17) is 4.42 Å². The van der Waals surface area contributed by atoms with Crippen LogP contribution in [0.1, 0.15) is 61.8 Å². The van der Waals surface area contributed by atoms with E-state index in [9.17, 15) is 0 Å². The molecule has 2 fully saturated rings. The Hall–Kier alpha value is -6.64. The lowest BCUT2D eigenvalue weighted by Crippen LogP contribution is -2.32. The third-order valence-corrected chi connectivity index (χ3v) is 15.1. The summed E-state index contributed by atoms with van der Waals surface area (Å²) in [7, 11) is 0. The van der Waals surface area contributed by atoms with Crippen LogP contribution in [0.4, 0.5) is 17.1 Å². The molecule has 9 aromatic rings. The number of nitrogens with zero attached hydrogens (tertiary/aromatic N) is 1. The van der Waals surface area contributed by atoms with Crippen LogP contribution in [0.15, 0.2) is 180 Å². The molecule has 1 spiro atoms. The number of benzene rings is 8. The van der Waals surface area contributed by atoms with Gasteiger partial charge in [0, 0.05) is 38.4 Å². The fraction of sp³-hybridized carbons (Fsp3) is 0.172. The summed E-state index contributed by atoms with van der Waals surface area (Å²) >= 11 is 0. The Labute approximate surface area is 351 Å². The maximum absolute atomic E-state index is 6.50. The van der Waals surface area contributed by atoms with Gasteiger partial charge in [0.25, 0.3) is 0 Å². The average Bonchev–Trinajstić information content (AvgIpc) is 4.11. The van der Waals surface area contributed by atoms with Gasteiger partial charge in [0.05, 0.1) is 11.4 Å². The zero-order chi connectivity index (χ0) is 39.7. The van der Waals surface area contributed by atoms with Crippen LogP contribution in [-0.2, 0) is 10.8 Å². The van der Waals surface area contributed by atoms with Crippen LogP contribution in [0.2, 0.25) is 0 Å². The highest BCUT2D eigenvalue weighted by atomic mass is 16.3. The SMILES string of the molecule is CC1(C)c2ccccc2-c2cccc(-c3ccccc3N(c3ccc4c(c3)C3(CC5CCC3C5)c3ccccc3-4)c3ccccc3-c3cccc4oc5ccccc5c34)c21. The lowest BCUT2D eigenvalue weighted by atomic mass is 9.67. The van der Waals surface area contributed by atoms with Gasteiger partial charge in [-0.3, -0.25) is 0 Å². The van der Waals surface area contributed by atoms with Gasteiger partial charge in [-0.05, 0) is 123 Å². The molecular formula is C58H45NO. The summed E-state index contributed by atoms with van der Waals surface area (Å²) in [6.45, 7) is 4.80. The minimum atomic E-state index is -0.163. The van der Waals surface area contributed by atoms with Crippen LogP contribution in [-0.4, -0.2) is 0 Å². The molecule has 0 aliphatic heterocycles. The molecule has 2 bridgehead atoms. The van der Waals surface area contributed by atoms with E-state index >= 15 is 0 Å². The number of anilines is 3. The summed E-state index contributed by atoms with van der Waals surface area (Å²) in [5.74, 6) is 1.48. The summed E-state index contributed by atoms with van der Waals surface area (Å²) in [4.78, 5) is 2.59. The van der Waals surface area contributed by atoms with Crippen molar-refractivity contribution in [2.75, 3.05) is 4.90 Å². The highest BCUT2D eigenvalue weighted by Gasteiger charge is 2.56. The summed E-state index contributed by atoms with van der Waals surface area (Å²) in [6.07, 6.45) is 5.28. The summed E-state index contributed by atoms with van der Waals surface area (Å²) in [5.41, 5.74) is 21.5. The number of para-hydroxylation sites is 3. The quantitative estimate of drug-likeness (QED) is 0.173. The van der Waals surface area contributed by atoms with Gasteiger partial charge in [0.2, 0.25) is 0 Å². The maximum Gasteiger partial charge on any atom is 0.136 e. The molecule has 0 amide bonds.